The van der Waals surface area contributed by atoms with E-state index in [-0.39, 0.29) is 5.41 Å². The average molecular weight is 278 g/mol. The predicted octanol–water partition coefficient (Wildman–Crippen LogP) is 2.70. The summed E-state index contributed by atoms with van der Waals surface area (Å²) in [6.45, 7) is 9.55. The van der Waals surface area contributed by atoms with Crippen LogP contribution >= 0.6 is 0 Å². The molecule has 0 radical (unpaired) electrons. The second-order valence-electron chi connectivity index (χ2n) is 5.91. The Bertz CT molecular complexity index is 461. The molecule has 2 atom stereocenters. The third kappa shape index (κ3) is 2.59. The maximum Gasteiger partial charge on any atom is 0.134 e. The van der Waals surface area contributed by atoms with Gasteiger partial charge in [0.1, 0.15) is 18.0 Å². The van der Waals surface area contributed by atoms with E-state index in [9.17, 15) is 0 Å². The van der Waals surface area contributed by atoms with E-state index in [0.29, 0.717) is 12.1 Å². The number of hydrogen-bond acceptors (Lipinski definition) is 5. The molecule has 20 heavy (non-hydrogen) atoms. The lowest BCUT2D eigenvalue weighted by atomic mass is 9.64. The summed E-state index contributed by atoms with van der Waals surface area (Å²) < 4.78 is 5.50. The number of aromatic nitrogens is 2. The van der Waals surface area contributed by atoms with E-state index in [1.165, 1.54) is 0 Å². The van der Waals surface area contributed by atoms with E-state index in [1.807, 2.05) is 0 Å². The molecule has 0 aromatic carbocycles. The van der Waals surface area contributed by atoms with Crippen LogP contribution in [0.4, 0.5) is 11.6 Å². The highest BCUT2D eigenvalue weighted by atomic mass is 16.5. The van der Waals surface area contributed by atoms with Crippen LogP contribution < -0.4 is 10.6 Å². The Hall–Kier alpha value is -1.36. The van der Waals surface area contributed by atoms with E-state index in [1.54, 1.807) is 13.4 Å². The minimum Gasteiger partial charge on any atom is -0.381 e. The van der Waals surface area contributed by atoms with Crippen molar-refractivity contribution in [3.05, 3.63) is 11.9 Å². The van der Waals surface area contributed by atoms with Gasteiger partial charge in [-0.05, 0) is 19.8 Å². The quantitative estimate of drug-likeness (QED) is 0.838. The van der Waals surface area contributed by atoms with Gasteiger partial charge in [0.15, 0.2) is 0 Å². The first-order valence-electron chi connectivity index (χ1n) is 7.41. The van der Waals surface area contributed by atoms with Gasteiger partial charge in [-0.3, -0.25) is 0 Å². The number of methoxy groups -OCH3 is 1. The Morgan fingerprint density at radius 2 is 2.00 bits per heavy atom. The molecular weight excluding hydrogens is 252 g/mol. The number of hydrogen-bond donors (Lipinski definition) is 2. The molecule has 5 nitrogen and oxygen atoms in total. The molecule has 2 rings (SSSR count). The van der Waals surface area contributed by atoms with Crippen molar-refractivity contribution in [1.29, 1.82) is 0 Å². The summed E-state index contributed by atoms with van der Waals surface area (Å²) in [6.07, 6.45) is 3.87. The summed E-state index contributed by atoms with van der Waals surface area (Å²) in [5, 5.41) is 6.88. The molecule has 1 aromatic heterocycles. The molecule has 0 aliphatic heterocycles. The van der Waals surface area contributed by atoms with Gasteiger partial charge in [0.25, 0.3) is 0 Å². The number of anilines is 2. The Morgan fingerprint density at radius 1 is 1.30 bits per heavy atom. The van der Waals surface area contributed by atoms with E-state index in [0.717, 1.165) is 36.6 Å². The molecule has 5 heteroatoms. The second-order valence-corrected chi connectivity index (χ2v) is 5.91. The lowest BCUT2D eigenvalue weighted by Crippen LogP contribution is -2.57. The molecule has 1 fully saturated rings. The molecule has 1 aromatic rings. The van der Waals surface area contributed by atoms with Gasteiger partial charge < -0.3 is 15.4 Å². The standard InChI is InChI=1S/C15H26N4O/c1-6-10-13(16-7-2)17-9-18-14(10)19-11-8-12(20-5)15(11,3)4/h9,11-12H,6-8H2,1-5H3,(H2,16,17,18,19). The maximum absolute atomic E-state index is 5.50. The molecule has 112 valence electrons. The normalized spacial score (nSPS) is 24.1. The molecule has 2 unspecified atom stereocenters. The van der Waals surface area contributed by atoms with Gasteiger partial charge >= 0.3 is 0 Å². The minimum atomic E-state index is 0.128. The Labute approximate surface area is 121 Å². The Morgan fingerprint density at radius 3 is 2.55 bits per heavy atom. The van der Waals surface area contributed by atoms with Crippen molar-refractivity contribution in [3.63, 3.8) is 0 Å². The smallest absolute Gasteiger partial charge is 0.134 e. The third-order valence-electron chi connectivity index (χ3n) is 4.42. The zero-order valence-corrected chi connectivity index (χ0v) is 13.2. The highest BCUT2D eigenvalue weighted by molar-refractivity contribution is 5.58. The van der Waals surface area contributed by atoms with Crippen molar-refractivity contribution in [2.24, 2.45) is 5.41 Å². The zero-order valence-electron chi connectivity index (χ0n) is 13.2. The van der Waals surface area contributed by atoms with Crippen molar-refractivity contribution in [1.82, 2.24) is 9.97 Å². The molecule has 1 aliphatic rings. The maximum atomic E-state index is 5.50. The molecule has 2 N–H and O–H groups in total. The number of ether oxygens (including phenoxy) is 1. The van der Waals surface area contributed by atoms with Gasteiger partial charge in [-0.15, -0.1) is 0 Å². The van der Waals surface area contributed by atoms with Gasteiger partial charge in [-0.25, -0.2) is 9.97 Å². The summed E-state index contributed by atoms with van der Waals surface area (Å²) in [6, 6.07) is 0.391. The fraction of sp³-hybridized carbons (Fsp3) is 0.733. The summed E-state index contributed by atoms with van der Waals surface area (Å²) in [4.78, 5) is 8.76. The first-order valence-corrected chi connectivity index (χ1v) is 7.41. The van der Waals surface area contributed by atoms with Crippen molar-refractivity contribution >= 4 is 11.6 Å². The predicted molar refractivity (Wildman–Crippen MR) is 82.2 cm³/mol. The Balaban J connectivity index is 2.16. The summed E-state index contributed by atoms with van der Waals surface area (Å²) in [5.41, 5.74) is 1.29. The van der Waals surface area contributed by atoms with E-state index < -0.39 is 0 Å². The summed E-state index contributed by atoms with van der Waals surface area (Å²) >= 11 is 0. The molecule has 0 saturated heterocycles. The molecule has 1 aliphatic carbocycles. The van der Waals surface area contributed by atoms with Crippen molar-refractivity contribution in [3.8, 4) is 0 Å². The topological polar surface area (TPSA) is 59.1 Å². The lowest BCUT2D eigenvalue weighted by Gasteiger charge is -2.51. The number of rotatable bonds is 6. The second kappa shape index (κ2) is 5.95. The molecule has 0 spiro atoms. The van der Waals surface area contributed by atoms with Gasteiger partial charge in [0, 0.05) is 30.7 Å². The van der Waals surface area contributed by atoms with E-state index >= 15 is 0 Å². The molecule has 0 bridgehead atoms. The fourth-order valence-corrected chi connectivity index (χ4v) is 2.89. The molecular formula is C15H26N4O. The minimum absolute atomic E-state index is 0.128. The number of nitrogens with zero attached hydrogens (tertiary/aromatic N) is 2. The van der Waals surface area contributed by atoms with Crippen molar-refractivity contribution in [2.45, 2.75) is 52.7 Å². The average Bonchev–Trinajstić information content (AvgIpc) is 2.43. The van der Waals surface area contributed by atoms with Gasteiger partial charge in [0.2, 0.25) is 0 Å². The molecule has 1 heterocycles. The third-order valence-corrected chi connectivity index (χ3v) is 4.42. The van der Waals surface area contributed by atoms with Crippen molar-refractivity contribution in [2.75, 3.05) is 24.3 Å². The van der Waals surface area contributed by atoms with Crippen LogP contribution in [0.5, 0.6) is 0 Å². The number of nitrogens with one attached hydrogen (secondary N) is 2. The largest absolute Gasteiger partial charge is 0.381 e. The lowest BCUT2D eigenvalue weighted by molar-refractivity contribution is -0.0795. The van der Waals surface area contributed by atoms with E-state index in [4.69, 9.17) is 4.74 Å². The summed E-state index contributed by atoms with van der Waals surface area (Å²) in [7, 11) is 1.79. The SMILES string of the molecule is CCNc1ncnc(NC2CC(OC)C2(C)C)c1CC. The Kier molecular flexibility index (Phi) is 4.48. The molecule has 0 amide bonds. The van der Waals surface area contributed by atoms with Crippen LogP contribution in [0, 0.1) is 5.41 Å². The van der Waals surface area contributed by atoms with Crippen LogP contribution in [0.15, 0.2) is 6.33 Å². The van der Waals surface area contributed by atoms with Crippen LogP contribution in [0.25, 0.3) is 0 Å². The van der Waals surface area contributed by atoms with E-state index in [2.05, 4.69) is 48.3 Å². The van der Waals surface area contributed by atoms with Crippen LogP contribution in [0.1, 0.15) is 39.7 Å². The fourth-order valence-electron chi connectivity index (χ4n) is 2.89. The summed E-state index contributed by atoms with van der Waals surface area (Å²) in [5.74, 6) is 1.89. The first kappa shape index (κ1) is 15.0. The van der Waals surface area contributed by atoms with Crippen LogP contribution in [-0.4, -0.2) is 35.8 Å². The van der Waals surface area contributed by atoms with Crippen LogP contribution in [0.2, 0.25) is 0 Å². The highest BCUT2D eigenvalue weighted by Gasteiger charge is 2.48. The van der Waals surface area contributed by atoms with Crippen molar-refractivity contribution < 1.29 is 4.74 Å². The van der Waals surface area contributed by atoms with Gasteiger partial charge in [-0.2, -0.15) is 0 Å². The van der Waals surface area contributed by atoms with Crippen LogP contribution in [-0.2, 0) is 11.2 Å². The van der Waals surface area contributed by atoms with Gasteiger partial charge in [-0.1, -0.05) is 20.8 Å². The van der Waals surface area contributed by atoms with Crippen LogP contribution in [0.3, 0.4) is 0 Å². The molecule has 1 saturated carbocycles. The van der Waals surface area contributed by atoms with Gasteiger partial charge in [0.05, 0.1) is 6.10 Å². The monoisotopic (exact) mass is 278 g/mol. The highest BCUT2D eigenvalue weighted by Crippen LogP contribution is 2.44. The first-order chi connectivity index (χ1) is 9.54. The zero-order chi connectivity index (χ0) is 14.8.